The molecule has 0 aliphatic rings. The van der Waals surface area contributed by atoms with Gasteiger partial charge in [-0.1, -0.05) is 6.07 Å². The number of benzene rings is 2. The molecule has 1 unspecified atom stereocenters. The standard InChI is InChI=1S/C16H17F2NO2/c1-10(15-5-4-11(17)6-16(15)18)19-12-7-13(20-2)9-14(8-12)21-3/h4-10,19H,1-3H3. The highest BCUT2D eigenvalue weighted by Crippen LogP contribution is 2.29. The van der Waals surface area contributed by atoms with Crippen LogP contribution in [0, 0.1) is 11.6 Å². The van der Waals surface area contributed by atoms with Crippen LogP contribution in [0.15, 0.2) is 36.4 Å². The first-order chi connectivity index (χ1) is 10.0. The molecule has 0 saturated carbocycles. The van der Waals surface area contributed by atoms with E-state index in [0.29, 0.717) is 17.1 Å². The summed E-state index contributed by atoms with van der Waals surface area (Å²) >= 11 is 0. The second-order valence-corrected chi connectivity index (χ2v) is 4.63. The molecule has 0 fully saturated rings. The van der Waals surface area contributed by atoms with Gasteiger partial charge in [-0.2, -0.15) is 0 Å². The molecule has 1 N–H and O–H groups in total. The van der Waals surface area contributed by atoms with Crippen molar-refractivity contribution in [2.75, 3.05) is 19.5 Å². The number of methoxy groups -OCH3 is 2. The summed E-state index contributed by atoms with van der Waals surface area (Å²) in [7, 11) is 3.11. The molecule has 0 saturated heterocycles. The normalized spacial score (nSPS) is 11.9. The molecule has 5 heteroatoms. The second-order valence-electron chi connectivity index (χ2n) is 4.63. The van der Waals surface area contributed by atoms with Gasteiger partial charge in [0.15, 0.2) is 0 Å². The van der Waals surface area contributed by atoms with Gasteiger partial charge in [-0.05, 0) is 13.0 Å². The molecule has 0 heterocycles. The molecule has 0 spiro atoms. The topological polar surface area (TPSA) is 30.5 Å². The van der Waals surface area contributed by atoms with Crippen molar-refractivity contribution in [2.45, 2.75) is 13.0 Å². The number of rotatable bonds is 5. The molecule has 0 amide bonds. The van der Waals surface area contributed by atoms with Crippen molar-refractivity contribution in [2.24, 2.45) is 0 Å². The van der Waals surface area contributed by atoms with E-state index in [4.69, 9.17) is 9.47 Å². The molecule has 0 radical (unpaired) electrons. The van der Waals surface area contributed by atoms with E-state index < -0.39 is 11.6 Å². The Morgan fingerprint density at radius 2 is 1.57 bits per heavy atom. The summed E-state index contributed by atoms with van der Waals surface area (Å²) in [5.41, 5.74) is 1.11. The number of hydrogen-bond donors (Lipinski definition) is 1. The largest absolute Gasteiger partial charge is 0.497 e. The number of hydrogen-bond acceptors (Lipinski definition) is 3. The molecular formula is C16H17F2NO2. The van der Waals surface area contributed by atoms with Crippen molar-refractivity contribution >= 4 is 5.69 Å². The van der Waals surface area contributed by atoms with Gasteiger partial charge in [0.1, 0.15) is 23.1 Å². The van der Waals surface area contributed by atoms with Crippen LogP contribution >= 0.6 is 0 Å². The van der Waals surface area contributed by atoms with E-state index in [1.54, 1.807) is 39.3 Å². The van der Waals surface area contributed by atoms with Gasteiger partial charge < -0.3 is 14.8 Å². The zero-order chi connectivity index (χ0) is 15.4. The third kappa shape index (κ3) is 3.62. The predicted molar refractivity (Wildman–Crippen MR) is 77.9 cm³/mol. The first kappa shape index (κ1) is 15.1. The number of anilines is 1. The van der Waals surface area contributed by atoms with E-state index in [1.165, 1.54) is 12.1 Å². The van der Waals surface area contributed by atoms with Crippen molar-refractivity contribution in [1.29, 1.82) is 0 Å². The number of halogens is 2. The molecule has 0 bridgehead atoms. The Balaban J connectivity index is 2.24. The molecule has 0 aliphatic heterocycles. The molecule has 112 valence electrons. The lowest BCUT2D eigenvalue weighted by Crippen LogP contribution is -2.09. The fourth-order valence-electron chi connectivity index (χ4n) is 2.07. The summed E-state index contributed by atoms with van der Waals surface area (Å²) in [4.78, 5) is 0. The molecule has 2 aromatic rings. The summed E-state index contributed by atoms with van der Waals surface area (Å²) in [5.74, 6) is 0.0867. The molecular weight excluding hydrogens is 276 g/mol. The summed E-state index contributed by atoms with van der Waals surface area (Å²) in [6, 6.07) is 8.51. The lowest BCUT2D eigenvalue weighted by Gasteiger charge is -2.17. The van der Waals surface area contributed by atoms with Gasteiger partial charge in [0.2, 0.25) is 0 Å². The van der Waals surface area contributed by atoms with Crippen molar-refractivity contribution in [3.63, 3.8) is 0 Å². The van der Waals surface area contributed by atoms with Crippen LogP contribution in [0.25, 0.3) is 0 Å². The molecule has 0 aromatic heterocycles. The summed E-state index contributed by atoms with van der Waals surface area (Å²) in [6.07, 6.45) is 0. The van der Waals surface area contributed by atoms with E-state index >= 15 is 0 Å². The van der Waals surface area contributed by atoms with Gasteiger partial charge in [0, 0.05) is 35.5 Å². The number of ether oxygens (including phenoxy) is 2. The maximum Gasteiger partial charge on any atom is 0.131 e. The molecule has 1 atom stereocenters. The Morgan fingerprint density at radius 3 is 2.10 bits per heavy atom. The SMILES string of the molecule is COc1cc(NC(C)c2ccc(F)cc2F)cc(OC)c1. The first-order valence-electron chi connectivity index (χ1n) is 6.48. The lowest BCUT2D eigenvalue weighted by molar-refractivity contribution is 0.394. The Bertz CT molecular complexity index is 609. The van der Waals surface area contributed by atoms with Gasteiger partial charge in [-0.15, -0.1) is 0 Å². The van der Waals surface area contributed by atoms with Crippen LogP contribution < -0.4 is 14.8 Å². The molecule has 2 rings (SSSR count). The Hall–Kier alpha value is -2.30. The lowest BCUT2D eigenvalue weighted by atomic mass is 10.1. The van der Waals surface area contributed by atoms with Crippen LogP contribution in [0.5, 0.6) is 11.5 Å². The van der Waals surface area contributed by atoms with Crippen LogP contribution in [0.3, 0.4) is 0 Å². The molecule has 21 heavy (non-hydrogen) atoms. The van der Waals surface area contributed by atoms with Crippen molar-refractivity contribution in [3.05, 3.63) is 53.6 Å². The van der Waals surface area contributed by atoms with E-state index in [-0.39, 0.29) is 6.04 Å². The fourth-order valence-corrected chi connectivity index (χ4v) is 2.07. The Labute approximate surface area is 122 Å². The average molecular weight is 293 g/mol. The zero-order valence-electron chi connectivity index (χ0n) is 12.1. The van der Waals surface area contributed by atoms with Crippen LogP contribution in [-0.2, 0) is 0 Å². The monoisotopic (exact) mass is 293 g/mol. The van der Waals surface area contributed by atoms with Gasteiger partial charge >= 0.3 is 0 Å². The Kier molecular flexibility index (Phi) is 4.62. The third-order valence-corrected chi connectivity index (χ3v) is 3.16. The second kappa shape index (κ2) is 6.43. The highest BCUT2D eigenvalue weighted by Gasteiger charge is 2.12. The van der Waals surface area contributed by atoms with Gasteiger partial charge in [-0.3, -0.25) is 0 Å². The fraction of sp³-hybridized carbons (Fsp3) is 0.250. The maximum atomic E-state index is 13.8. The van der Waals surface area contributed by atoms with Crippen molar-refractivity contribution < 1.29 is 18.3 Å². The van der Waals surface area contributed by atoms with Crippen molar-refractivity contribution in [3.8, 4) is 11.5 Å². The van der Waals surface area contributed by atoms with Crippen LogP contribution in [0.4, 0.5) is 14.5 Å². The van der Waals surface area contributed by atoms with E-state index in [2.05, 4.69) is 5.32 Å². The Morgan fingerprint density at radius 1 is 0.952 bits per heavy atom. The third-order valence-electron chi connectivity index (χ3n) is 3.16. The minimum atomic E-state index is -0.591. The summed E-state index contributed by atoms with van der Waals surface area (Å²) in [5, 5.41) is 3.15. The van der Waals surface area contributed by atoms with Gasteiger partial charge in [0.25, 0.3) is 0 Å². The molecule has 2 aromatic carbocycles. The van der Waals surface area contributed by atoms with E-state index in [1.807, 2.05) is 0 Å². The van der Waals surface area contributed by atoms with Gasteiger partial charge in [-0.25, -0.2) is 8.78 Å². The minimum absolute atomic E-state index is 0.331. The van der Waals surface area contributed by atoms with Crippen LogP contribution in [0.1, 0.15) is 18.5 Å². The highest BCUT2D eigenvalue weighted by molar-refractivity contribution is 5.54. The van der Waals surface area contributed by atoms with E-state index in [0.717, 1.165) is 11.8 Å². The first-order valence-corrected chi connectivity index (χ1v) is 6.48. The van der Waals surface area contributed by atoms with Crippen LogP contribution in [0.2, 0.25) is 0 Å². The predicted octanol–water partition coefficient (Wildman–Crippen LogP) is 4.16. The number of nitrogens with one attached hydrogen (secondary N) is 1. The average Bonchev–Trinajstić information content (AvgIpc) is 2.46. The maximum absolute atomic E-state index is 13.8. The van der Waals surface area contributed by atoms with Crippen molar-refractivity contribution in [1.82, 2.24) is 0 Å². The van der Waals surface area contributed by atoms with E-state index in [9.17, 15) is 8.78 Å². The highest BCUT2D eigenvalue weighted by atomic mass is 19.1. The quantitative estimate of drug-likeness (QED) is 0.898. The van der Waals surface area contributed by atoms with Gasteiger partial charge in [0.05, 0.1) is 20.3 Å². The van der Waals surface area contributed by atoms with Crippen LogP contribution in [-0.4, -0.2) is 14.2 Å². The molecule has 3 nitrogen and oxygen atoms in total. The summed E-state index contributed by atoms with van der Waals surface area (Å²) in [6.45, 7) is 1.79. The summed E-state index contributed by atoms with van der Waals surface area (Å²) < 4.78 is 37.1. The minimum Gasteiger partial charge on any atom is -0.497 e. The molecule has 0 aliphatic carbocycles. The zero-order valence-corrected chi connectivity index (χ0v) is 12.1. The smallest absolute Gasteiger partial charge is 0.131 e.